The van der Waals surface area contributed by atoms with Gasteiger partial charge in [-0.15, -0.1) is 0 Å². The lowest BCUT2D eigenvalue weighted by molar-refractivity contribution is 0.0754. The number of ether oxygens (including phenoxy) is 1. The van der Waals surface area contributed by atoms with E-state index in [1.54, 1.807) is 19.2 Å². The first kappa shape index (κ1) is 13.8. The lowest BCUT2D eigenvalue weighted by Gasteiger charge is -2.19. The Hall–Kier alpha value is -2.15. The van der Waals surface area contributed by atoms with Crippen molar-refractivity contribution in [3.05, 3.63) is 35.7 Å². The van der Waals surface area contributed by atoms with Gasteiger partial charge in [0.2, 0.25) is 5.76 Å². The van der Waals surface area contributed by atoms with Gasteiger partial charge in [-0.3, -0.25) is 4.79 Å². The van der Waals surface area contributed by atoms with Gasteiger partial charge in [0.1, 0.15) is 11.9 Å². The molecule has 2 aromatic heterocycles. The summed E-state index contributed by atoms with van der Waals surface area (Å²) in [6.07, 6.45) is 4.18. The third-order valence-corrected chi connectivity index (χ3v) is 3.60. The first-order valence-corrected chi connectivity index (χ1v) is 7.06. The summed E-state index contributed by atoms with van der Waals surface area (Å²) in [5.41, 5.74) is 0.681. The molecular formula is C14H18N4O3. The van der Waals surface area contributed by atoms with E-state index in [9.17, 15) is 4.79 Å². The normalized spacial score (nSPS) is 21.6. The molecular weight excluding hydrogens is 272 g/mol. The number of hydrogen-bond acceptors (Lipinski definition) is 5. The molecule has 1 fully saturated rings. The maximum Gasteiger partial charge on any atom is 0.290 e. The summed E-state index contributed by atoms with van der Waals surface area (Å²) in [7, 11) is 0. The van der Waals surface area contributed by atoms with Crippen LogP contribution in [0, 0.1) is 6.92 Å². The molecule has 7 nitrogen and oxygen atoms in total. The fourth-order valence-electron chi connectivity index (χ4n) is 2.55. The number of carbonyl (C=O) groups is 1. The zero-order valence-electron chi connectivity index (χ0n) is 12.1. The number of nitrogens with one attached hydrogen (secondary N) is 1. The first-order valence-electron chi connectivity index (χ1n) is 7.06. The van der Waals surface area contributed by atoms with Crippen molar-refractivity contribution in [3.8, 4) is 0 Å². The topological polar surface area (TPSA) is 82.2 Å². The summed E-state index contributed by atoms with van der Waals surface area (Å²) in [5, 5.41) is 6.67. The minimum atomic E-state index is -0.272. The van der Waals surface area contributed by atoms with Gasteiger partial charge in [-0.05, 0) is 20.3 Å². The van der Waals surface area contributed by atoms with E-state index in [1.807, 2.05) is 17.7 Å². The average Bonchev–Trinajstić information content (AvgIpc) is 3.17. The molecule has 0 spiro atoms. The van der Waals surface area contributed by atoms with Crippen LogP contribution >= 0.6 is 0 Å². The molecule has 2 aromatic rings. The van der Waals surface area contributed by atoms with Crippen molar-refractivity contribution in [2.75, 3.05) is 6.61 Å². The second-order valence-electron chi connectivity index (χ2n) is 5.06. The van der Waals surface area contributed by atoms with Gasteiger partial charge in [-0.2, -0.15) is 0 Å². The Bertz CT molecular complexity index is 634. The van der Waals surface area contributed by atoms with Gasteiger partial charge in [0.05, 0.1) is 11.7 Å². The van der Waals surface area contributed by atoms with Crippen molar-refractivity contribution in [1.29, 1.82) is 0 Å². The molecule has 1 aliphatic heterocycles. The van der Waals surface area contributed by atoms with Crippen LogP contribution in [-0.2, 0) is 11.3 Å². The lowest BCUT2D eigenvalue weighted by Crippen LogP contribution is -2.37. The van der Waals surface area contributed by atoms with Crippen molar-refractivity contribution in [1.82, 2.24) is 20.0 Å². The average molecular weight is 290 g/mol. The Kier molecular flexibility index (Phi) is 3.74. The molecule has 0 unspecified atom stereocenters. The van der Waals surface area contributed by atoms with Crippen LogP contribution in [0.25, 0.3) is 0 Å². The molecule has 0 radical (unpaired) electrons. The fraction of sp³-hybridized carbons (Fsp3) is 0.500. The van der Waals surface area contributed by atoms with Gasteiger partial charge in [-0.25, -0.2) is 4.98 Å². The predicted octanol–water partition coefficient (Wildman–Crippen LogP) is 1.46. The zero-order valence-corrected chi connectivity index (χ0v) is 12.1. The minimum Gasteiger partial charge on any atom is -0.368 e. The minimum absolute atomic E-state index is 0.115. The highest BCUT2D eigenvalue weighted by molar-refractivity contribution is 5.91. The highest BCUT2D eigenvalue weighted by atomic mass is 16.5. The number of aromatic nitrogens is 3. The fourth-order valence-corrected chi connectivity index (χ4v) is 2.55. The maximum atomic E-state index is 12.2. The molecule has 0 bridgehead atoms. The number of carbonyl (C=O) groups excluding carboxylic acids is 1. The van der Waals surface area contributed by atoms with E-state index in [1.165, 1.54) is 0 Å². The zero-order chi connectivity index (χ0) is 14.8. The van der Waals surface area contributed by atoms with Crippen molar-refractivity contribution >= 4 is 5.91 Å². The van der Waals surface area contributed by atoms with E-state index in [0.29, 0.717) is 12.3 Å². The van der Waals surface area contributed by atoms with Gasteiger partial charge >= 0.3 is 0 Å². The van der Waals surface area contributed by atoms with E-state index in [-0.39, 0.29) is 23.8 Å². The summed E-state index contributed by atoms with van der Waals surface area (Å²) in [6.45, 7) is 5.24. The number of imidazole rings is 1. The SMILES string of the molecule is CCn1ccnc1[C@H]1OCC[C@@H]1NC(=O)c1cc(C)no1. The molecule has 0 aromatic carbocycles. The van der Waals surface area contributed by atoms with Crippen LogP contribution < -0.4 is 5.32 Å². The van der Waals surface area contributed by atoms with Crippen LogP contribution in [0.15, 0.2) is 23.0 Å². The van der Waals surface area contributed by atoms with Gasteiger partial charge in [0, 0.05) is 31.6 Å². The van der Waals surface area contributed by atoms with E-state index in [4.69, 9.17) is 9.26 Å². The summed E-state index contributed by atoms with van der Waals surface area (Å²) >= 11 is 0. The van der Waals surface area contributed by atoms with Crippen LogP contribution in [0.5, 0.6) is 0 Å². The van der Waals surface area contributed by atoms with Gasteiger partial charge in [0.15, 0.2) is 0 Å². The van der Waals surface area contributed by atoms with Crippen molar-refractivity contribution in [2.24, 2.45) is 0 Å². The van der Waals surface area contributed by atoms with Crippen LogP contribution in [-0.4, -0.2) is 33.3 Å². The molecule has 0 saturated carbocycles. The molecule has 1 aliphatic rings. The number of rotatable bonds is 4. The molecule has 7 heteroatoms. The predicted molar refractivity (Wildman–Crippen MR) is 73.7 cm³/mol. The number of aryl methyl sites for hydroxylation is 2. The molecule has 0 aliphatic carbocycles. The second-order valence-corrected chi connectivity index (χ2v) is 5.06. The quantitative estimate of drug-likeness (QED) is 0.921. The van der Waals surface area contributed by atoms with Crippen molar-refractivity contribution in [2.45, 2.75) is 39.0 Å². The highest BCUT2D eigenvalue weighted by Crippen LogP contribution is 2.28. The van der Waals surface area contributed by atoms with Crippen LogP contribution in [0.4, 0.5) is 0 Å². The number of nitrogens with zero attached hydrogens (tertiary/aromatic N) is 3. The molecule has 2 atom stereocenters. The third kappa shape index (κ3) is 2.69. The van der Waals surface area contributed by atoms with E-state index in [0.717, 1.165) is 18.8 Å². The monoisotopic (exact) mass is 290 g/mol. The smallest absolute Gasteiger partial charge is 0.290 e. The van der Waals surface area contributed by atoms with Gasteiger partial charge in [0.25, 0.3) is 5.91 Å². The number of hydrogen-bond donors (Lipinski definition) is 1. The van der Waals surface area contributed by atoms with Gasteiger partial charge in [-0.1, -0.05) is 5.16 Å². The first-order chi connectivity index (χ1) is 10.2. The number of amides is 1. The summed E-state index contributed by atoms with van der Waals surface area (Å²) in [5.74, 6) is 0.789. The third-order valence-electron chi connectivity index (χ3n) is 3.60. The molecule has 21 heavy (non-hydrogen) atoms. The van der Waals surface area contributed by atoms with E-state index < -0.39 is 0 Å². The van der Waals surface area contributed by atoms with E-state index >= 15 is 0 Å². The van der Waals surface area contributed by atoms with Crippen LogP contribution in [0.1, 0.15) is 41.5 Å². The molecule has 1 amide bonds. The second kappa shape index (κ2) is 5.69. The van der Waals surface area contributed by atoms with Crippen LogP contribution in [0.3, 0.4) is 0 Å². The Morgan fingerprint density at radius 2 is 2.43 bits per heavy atom. The van der Waals surface area contributed by atoms with Gasteiger partial charge < -0.3 is 19.1 Å². The Morgan fingerprint density at radius 3 is 3.14 bits per heavy atom. The standard InChI is InChI=1S/C14H18N4O3/c1-3-18-6-5-15-13(18)12-10(4-7-20-12)16-14(19)11-8-9(2)17-21-11/h5-6,8,10,12H,3-4,7H2,1-2H3,(H,16,19)/t10-,12-/m0/s1. The molecule has 3 heterocycles. The summed E-state index contributed by atoms with van der Waals surface area (Å²) in [4.78, 5) is 16.5. The van der Waals surface area contributed by atoms with Crippen LogP contribution in [0.2, 0.25) is 0 Å². The van der Waals surface area contributed by atoms with E-state index in [2.05, 4.69) is 15.5 Å². The molecule has 112 valence electrons. The largest absolute Gasteiger partial charge is 0.368 e. The van der Waals surface area contributed by atoms with Crippen molar-refractivity contribution < 1.29 is 14.1 Å². The summed E-state index contributed by atoms with van der Waals surface area (Å²) < 4.78 is 12.8. The molecule has 1 saturated heterocycles. The summed E-state index contributed by atoms with van der Waals surface area (Å²) in [6, 6.07) is 1.50. The Labute approximate surface area is 122 Å². The maximum absolute atomic E-state index is 12.2. The Morgan fingerprint density at radius 1 is 1.57 bits per heavy atom. The lowest BCUT2D eigenvalue weighted by atomic mass is 10.1. The Balaban J connectivity index is 1.74. The molecule has 3 rings (SSSR count). The highest BCUT2D eigenvalue weighted by Gasteiger charge is 2.34. The van der Waals surface area contributed by atoms with Crippen molar-refractivity contribution in [3.63, 3.8) is 0 Å². The molecule has 1 N–H and O–H groups in total.